The van der Waals surface area contributed by atoms with Gasteiger partial charge in [0.05, 0.1) is 6.54 Å². The Balaban J connectivity index is 1.74. The highest BCUT2D eigenvalue weighted by Crippen LogP contribution is 2.27. The van der Waals surface area contributed by atoms with Gasteiger partial charge in [0, 0.05) is 18.4 Å². The molecule has 1 aromatic heterocycles. The van der Waals surface area contributed by atoms with Crippen LogP contribution in [0.5, 0.6) is 0 Å². The first kappa shape index (κ1) is 9.71. The Morgan fingerprint density at radius 3 is 3.00 bits per heavy atom. The second-order valence-electron chi connectivity index (χ2n) is 4.25. The van der Waals surface area contributed by atoms with Gasteiger partial charge in [0.2, 0.25) is 0 Å². The van der Waals surface area contributed by atoms with Crippen molar-refractivity contribution in [2.75, 3.05) is 0 Å². The number of imidazole rings is 1. The molecule has 0 unspecified atom stereocenters. The van der Waals surface area contributed by atoms with Crippen LogP contribution in [-0.2, 0) is 6.54 Å². The second-order valence-corrected chi connectivity index (χ2v) is 4.25. The molecule has 0 spiro atoms. The molecule has 1 aliphatic carbocycles. The van der Waals surface area contributed by atoms with Crippen LogP contribution >= 0.6 is 0 Å². The number of H-pyrrole nitrogens is 1. The SMILES string of the molecule is C[C@H](NCc1ncc[nH]1)C1CCCC1. The summed E-state index contributed by atoms with van der Waals surface area (Å²) in [5.74, 6) is 1.92. The topological polar surface area (TPSA) is 40.7 Å². The molecule has 0 radical (unpaired) electrons. The highest BCUT2D eigenvalue weighted by atomic mass is 15.0. The Bertz CT molecular complexity index is 250. The molecule has 1 saturated carbocycles. The van der Waals surface area contributed by atoms with E-state index in [-0.39, 0.29) is 0 Å². The van der Waals surface area contributed by atoms with Crippen molar-refractivity contribution in [1.82, 2.24) is 15.3 Å². The normalized spacial score (nSPS) is 20.1. The molecule has 3 nitrogen and oxygen atoms in total. The van der Waals surface area contributed by atoms with Crippen molar-refractivity contribution in [3.63, 3.8) is 0 Å². The lowest BCUT2D eigenvalue weighted by Gasteiger charge is -2.19. The smallest absolute Gasteiger partial charge is 0.120 e. The minimum Gasteiger partial charge on any atom is -0.348 e. The Kier molecular flexibility index (Phi) is 3.19. The Labute approximate surface area is 85.3 Å². The molecule has 14 heavy (non-hydrogen) atoms. The molecule has 1 aromatic rings. The summed E-state index contributed by atoms with van der Waals surface area (Å²) >= 11 is 0. The van der Waals surface area contributed by atoms with E-state index < -0.39 is 0 Å². The van der Waals surface area contributed by atoms with Gasteiger partial charge in [-0.15, -0.1) is 0 Å². The first-order valence-electron chi connectivity index (χ1n) is 5.58. The zero-order valence-electron chi connectivity index (χ0n) is 8.79. The minimum absolute atomic E-state index is 0.627. The molecule has 1 heterocycles. The minimum atomic E-state index is 0.627. The van der Waals surface area contributed by atoms with Crippen LogP contribution in [0.3, 0.4) is 0 Å². The van der Waals surface area contributed by atoms with E-state index in [0.29, 0.717) is 6.04 Å². The fourth-order valence-electron chi connectivity index (χ4n) is 2.28. The Morgan fingerprint density at radius 2 is 2.36 bits per heavy atom. The van der Waals surface area contributed by atoms with Crippen LogP contribution in [0.1, 0.15) is 38.4 Å². The van der Waals surface area contributed by atoms with E-state index in [1.807, 2.05) is 6.20 Å². The van der Waals surface area contributed by atoms with Gasteiger partial charge in [0.25, 0.3) is 0 Å². The third-order valence-electron chi connectivity index (χ3n) is 3.25. The number of nitrogens with zero attached hydrogens (tertiary/aromatic N) is 1. The van der Waals surface area contributed by atoms with Gasteiger partial charge in [-0.25, -0.2) is 4.98 Å². The molecule has 0 amide bonds. The van der Waals surface area contributed by atoms with E-state index in [0.717, 1.165) is 18.3 Å². The number of hydrogen-bond donors (Lipinski definition) is 2. The van der Waals surface area contributed by atoms with Crippen LogP contribution < -0.4 is 5.32 Å². The molecule has 0 aromatic carbocycles. The van der Waals surface area contributed by atoms with Crippen molar-refractivity contribution >= 4 is 0 Å². The van der Waals surface area contributed by atoms with Crippen molar-refractivity contribution in [3.8, 4) is 0 Å². The number of nitrogens with one attached hydrogen (secondary N) is 2. The highest BCUT2D eigenvalue weighted by molar-refractivity contribution is 4.87. The molecule has 3 heteroatoms. The van der Waals surface area contributed by atoms with Gasteiger partial charge in [-0.3, -0.25) is 0 Å². The number of aromatic amines is 1. The molecule has 1 fully saturated rings. The summed E-state index contributed by atoms with van der Waals surface area (Å²) in [7, 11) is 0. The van der Waals surface area contributed by atoms with Gasteiger partial charge in [0.15, 0.2) is 0 Å². The maximum absolute atomic E-state index is 4.20. The summed E-state index contributed by atoms with van der Waals surface area (Å²) in [5, 5.41) is 3.53. The monoisotopic (exact) mass is 193 g/mol. The van der Waals surface area contributed by atoms with Crippen molar-refractivity contribution < 1.29 is 0 Å². The Hall–Kier alpha value is -0.830. The average Bonchev–Trinajstić information content (AvgIpc) is 2.87. The van der Waals surface area contributed by atoms with Crippen LogP contribution in [0.25, 0.3) is 0 Å². The van der Waals surface area contributed by atoms with Crippen LogP contribution in [0.2, 0.25) is 0 Å². The zero-order chi connectivity index (χ0) is 9.80. The third kappa shape index (κ3) is 2.35. The molecular weight excluding hydrogens is 174 g/mol. The van der Waals surface area contributed by atoms with Crippen LogP contribution in [-0.4, -0.2) is 16.0 Å². The number of hydrogen-bond acceptors (Lipinski definition) is 2. The second kappa shape index (κ2) is 4.60. The summed E-state index contributed by atoms with van der Waals surface area (Å²) in [6, 6.07) is 0.627. The van der Waals surface area contributed by atoms with Crippen LogP contribution in [0.4, 0.5) is 0 Å². The standard InChI is InChI=1S/C11H19N3/c1-9(10-4-2-3-5-10)14-8-11-12-6-7-13-11/h6-7,9-10,14H,2-5,8H2,1H3,(H,12,13)/t9-/m0/s1. The Morgan fingerprint density at radius 1 is 1.57 bits per heavy atom. The highest BCUT2D eigenvalue weighted by Gasteiger charge is 2.20. The van der Waals surface area contributed by atoms with Gasteiger partial charge in [-0.1, -0.05) is 12.8 Å². The number of rotatable bonds is 4. The van der Waals surface area contributed by atoms with Crippen LogP contribution in [0.15, 0.2) is 12.4 Å². The van der Waals surface area contributed by atoms with Gasteiger partial charge in [-0.05, 0) is 25.7 Å². The molecule has 2 N–H and O–H groups in total. The van der Waals surface area contributed by atoms with Crippen molar-refractivity contribution in [2.24, 2.45) is 5.92 Å². The number of aromatic nitrogens is 2. The van der Waals surface area contributed by atoms with Gasteiger partial charge >= 0.3 is 0 Å². The first-order valence-corrected chi connectivity index (χ1v) is 5.58. The van der Waals surface area contributed by atoms with E-state index in [1.54, 1.807) is 6.20 Å². The average molecular weight is 193 g/mol. The van der Waals surface area contributed by atoms with E-state index >= 15 is 0 Å². The lowest BCUT2D eigenvalue weighted by atomic mass is 10.00. The lowest BCUT2D eigenvalue weighted by Crippen LogP contribution is -2.32. The summed E-state index contributed by atoms with van der Waals surface area (Å²) in [6.45, 7) is 3.16. The predicted octanol–water partition coefficient (Wildman–Crippen LogP) is 2.08. The molecule has 1 aliphatic rings. The maximum atomic E-state index is 4.20. The van der Waals surface area contributed by atoms with Gasteiger partial charge in [-0.2, -0.15) is 0 Å². The van der Waals surface area contributed by atoms with E-state index in [9.17, 15) is 0 Å². The lowest BCUT2D eigenvalue weighted by molar-refractivity contribution is 0.377. The predicted molar refractivity (Wildman–Crippen MR) is 56.8 cm³/mol. The largest absolute Gasteiger partial charge is 0.348 e. The van der Waals surface area contributed by atoms with Gasteiger partial charge in [0.1, 0.15) is 5.82 Å². The molecule has 1 atom stereocenters. The summed E-state index contributed by atoms with van der Waals surface area (Å²) < 4.78 is 0. The van der Waals surface area contributed by atoms with Crippen molar-refractivity contribution in [2.45, 2.75) is 45.2 Å². The molecule has 78 valence electrons. The van der Waals surface area contributed by atoms with Crippen molar-refractivity contribution in [3.05, 3.63) is 18.2 Å². The van der Waals surface area contributed by atoms with Gasteiger partial charge < -0.3 is 10.3 Å². The molecule has 0 saturated heterocycles. The van der Waals surface area contributed by atoms with E-state index in [2.05, 4.69) is 22.2 Å². The molecule has 0 bridgehead atoms. The fourth-order valence-corrected chi connectivity index (χ4v) is 2.28. The van der Waals surface area contributed by atoms with E-state index in [1.165, 1.54) is 25.7 Å². The van der Waals surface area contributed by atoms with E-state index in [4.69, 9.17) is 0 Å². The summed E-state index contributed by atoms with van der Waals surface area (Å²) in [6.07, 6.45) is 9.29. The fraction of sp³-hybridized carbons (Fsp3) is 0.727. The molecule has 2 rings (SSSR count). The molecule has 0 aliphatic heterocycles. The molecular formula is C11H19N3. The quantitative estimate of drug-likeness (QED) is 0.768. The summed E-state index contributed by atoms with van der Waals surface area (Å²) in [5.41, 5.74) is 0. The third-order valence-corrected chi connectivity index (χ3v) is 3.25. The maximum Gasteiger partial charge on any atom is 0.120 e. The zero-order valence-corrected chi connectivity index (χ0v) is 8.79. The van der Waals surface area contributed by atoms with Crippen molar-refractivity contribution in [1.29, 1.82) is 0 Å². The first-order chi connectivity index (χ1) is 6.86. The summed E-state index contributed by atoms with van der Waals surface area (Å²) in [4.78, 5) is 7.31. The van der Waals surface area contributed by atoms with Crippen LogP contribution in [0, 0.1) is 5.92 Å².